The molecule has 1 aliphatic heterocycles. The number of alkyl halides is 3. The first-order valence-electron chi connectivity index (χ1n) is 7.49. The number of urea groups is 1. The number of rotatable bonds is 5. The molecule has 1 aromatic rings. The summed E-state index contributed by atoms with van der Waals surface area (Å²) in [5, 5.41) is 5.01. The molecule has 9 heteroatoms. The summed E-state index contributed by atoms with van der Waals surface area (Å²) < 4.78 is 48.9. The molecular weight excluding hydrogens is 327 g/mol. The summed E-state index contributed by atoms with van der Waals surface area (Å²) in [7, 11) is 1.49. The van der Waals surface area contributed by atoms with Crippen LogP contribution in [0.3, 0.4) is 0 Å². The lowest BCUT2D eigenvalue weighted by molar-refractivity contribution is -0.137. The number of anilines is 2. The van der Waals surface area contributed by atoms with Gasteiger partial charge in [-0.3, -0.25) is 0 Å². The molecule has 2 amide bonds. The van der Waals surface area contributed by atoms with Gasteiger partial charge < -0.3 is 25.0 Å². The minimum Gasteiger partial charge on any atom is -0.383 e. The lowest BCUT2D eigenvalue weighted by Crippen LogP contribution is -2.37. The number of nitrogens with one attached hydrogen (secondary N) is 2. The van der Waals surface area contributed by atoms with Crippen LogP contribution in [0.2, 0.25) is 0 Å². The van der Waals surface area contributed by atoms with Gasteiger partial charge in [-0.15, -0.1) is 0 Å². The number of morpholine rings is 1. The van der Waals surface area contributed by atoms with Crippen molar-refractivity contribution in [3.8, 4) is 0 Å². The van der Waals surface area contributed by atoms with E-state index in [0.717, 1.165) is 12.1 Å². The van der Waals surface area contributed by atoms with E-state index in [2.05, 4.69) is 10.6 Å². The van der Waals surface area contributed by atoms with Crippen LogP contribution in [0.4, 0.5) is 29.3 Å². The van der Waals surface area contributed by atoms with Gasteiger partial charge in [0.2, 0.25) is 0 Å². The van der Waals surface area contributed by atoms with Crippen LogP contribution < -0.4 is 15.5 Å². The van der Waals surface area contributed by atoms with Crippen molar-refractivity contribution in [3.63, 3.8) is 0 Å². The van der Waals surface area contributed by atoms with Gasteiger partial charge in [-0.05, 0) is 18.2 Å². The molecule has 1 saturated heterocycles. The Kier molecular flexibility index (Phi) is 6.27. The lowest BCUT2D eigenvalue weighted by atomic mass is 10.1. The molecule has 0 aliphatic carbocycles. The third-order valence-electron chi connectivity index (χ3n) is 3.52. The fourth-order valence-electron chi connectivity index (χ4n) is 2.33. The topological polar surface area (TPSA) is 62.8 Å². The van der Waals surface area contributed by atoms with E-state index in [4.69, 9.17) is 9.47 Å². The molecule has 2 N–H and O–H groups in total. The van der Waals surface area contributed by atoms with Gasteiger partial charge in [0.05, 0.1) is 36.8 Å². The first-order valence-corrected chi connectivity index (χ1v) is 7.49. The third-order valence-corrected chi connectivity index (χ3v) is 3.52. The Hall–Kier alpha value is -2.00. The Morgan fingerprint density at radius 3 is 2.67 bits per heavy atom. The van der Waals surface area contributed by atoms with Crippen molar-refractivity contribution in [2.24, 2.45) is 0 Å². The molecule has 0 unspecified atom stereocenters. The molecule has 0 radical (unpaired) electrons. The van der Waals surface area contributed by atoms with Gasteiger partial charge in [-0.1, -0.05) is 0 Å². The van der Waals surface area contributed by atoms with E-state index in [-0.39, 0.29) is 12.2 Å². The fourth-order valence-corrected chi connectivity index (χ4v) is 2.33. The van der Waals surface area contributed by atoms with Gasteiger partial charge in [0.1, 0.15) is 0 Å². The molecule has 134 valence electrons. The molecule has 0 spiro atoms. The summed E-state index contributed by atoms with van der Waals surface area (Å²) >= 11 is 0. The number of ether oxygens (including phenoxy) is 2. The molecule has 0 bridgehead atoms. The number of hydrogen-bond acceptors (Lipinski definition) is 4. The van der Waals surface area contributed by atoms with Crippen LogP contribution in [0.15, 0.2) is 18.2 Å². The summed E-state index contributed by atoms with van der Waals surface area (Å²) in [5.41, 5.74) is -0.165. The Morgan fingerprint density at radius 2 is 2.04 bits per heavy atom. The van der Waals surface area contributed by atoms with Crippen molar-refractivity contribution >= 4 is 17.4 Å². The number of carbonyl (C=O) groups excluding carboxylic acids is 1. The Balaban J connectivity index is 2.21. The Labute approximate surface area is 137 Å². The second-order valence-electron chi connectivity index (χ2n) is 5.20. The van der Waals surface area contributed by atoms with E-state index < -0.39 is 17.8 Å². The van der Waals surface area contributed by atoms with Crippen molar-refractivity contribution in [1.82, 2.24) is 5.32 Å². The molecule has 6 nitrogen and oxygen atoms in total. The van der Waals surface area contributed by atoms with Crippen LogP contribution in [0.1, 0.15) is 5.56 Å². The normalized spacial score (nSPS) is 15.2. The summed E-state index contributed by atoms with van der Waals surface area (Å²) in [5.74, 6) is 0. The predicted octanol–water partition coefficient (Wildman–Crippen LogP) is 2.31. The minimum absolute atomic E-state index is 0.113. The van der Waals surface area contributed by atoms with Gasteiger partial charge in [-0.25, -0.2) is 4.79 Å². The van der Waals surface area contributed by atoms with Crippen LogP contribution >= 0.6 is 0 Å². The summed E-state index contributed by atoms with van der Waals surface area (Å²) in [4.78, 5) is 13.8. The zero-order chi connectivity index (χ0) is 17.6. The Morgan fingerprint density at radius 1 is 1.33 bits per heavy atom. The molecular formula is C15H20F3N3O3. The molecule has 1 aromatic carbocycles. The summed E-state index contributed by atoms with van der Waals surface area (Å²) in [6.45, 7) is 2.64. The molecule has 0 saturated carbocycles. The Bertz CT molecular complexity index is 561. The fraction of sp³-hybridized carbons (Fsp3) is 0.533. The third kappa shape index (κ3) is 5.00. The first-order chi connectivity index (χ1) is 11.4. The van der Waals surface area contributed by atoms with E-state index in [1.165, 1.54) is 13.2 Å². The molecule has 24 heavy (non-hydrogen) atoms. The second-order valence-corrected chi connectivity index (χ2v) is 5.20. The quantitative estimate of drug-likeness (QED) is 0.803. The average molecular weight is 347 g/mol. The maximum absolute atomic E-state index is 12.9. The molecule has 2 rings (SSSR count). The molecule has 1 fully saturated rings. The van der Waals surface area contributed by atoms with Crippen LogP contribution in [-0.4, -0.2) is 52.6 Å². The van der Waals surface area contributed by atoms with Crippen molar-refractivity contribution in [2.75, 3.05) is 56.8 Å². The van der Waals surface area contributed by atoms with Crippen molar-refractivity contribution in [3.05, 3.63) is 23.8 Å². The number of hydrogen-bond donors (Lipinski definition) is 2. The number of carbonyl (C=O) groups is 1. The van der Waals surface area contributed by atoms with Crippen LogP contribution in [-0.2, 0) is 15.7 Å². The van der Waals surface area contributed by atoms with Gasteiger partial charge in [0, 0.05) is 26.7 Å². The smallest absolute Gasteiger partial charge is 0.383 e. The number of halogens is 3. The molecule has 0 atom stereocenters. The SMILES string of the molecule is COCCNC(=O)Nc1cc(C(F)(F)F)ccc1N1CCOCC1. The number of methoxy groups -OCH3 is 1. The molecule has 1 aliphatic rings. The highest BCUT2D eigenvalue weighted by molar-refractivity contribution is 5.93. The van der Waals surface area contributed by atoms with E-state index in [1.807, 2.05) is 4.90 Å². The highest BCUT2D eigenvalue weighted by atomic mass is 19.4. The largest absolute Gasteiger partial charge is 0.416 e. The van der Waals surface area contributed by atoms with Gasteiger partial charge in [0.25, 0.3) is 0 Å². The van der Waals surface area contributed by atoms with E-state index in [0.29, 0.717) is 38.6 Å². The zero-order valence-corrected chi connectivity index (χ0v) is 13.3. The van der Waals surface area contributed by atoms with E-state index >= 15 is 0 Å². The molecule has 0 aromatic heterocycles. The first kappa shape index (κ1) is 18.3. The maximum Gasteiger partial charge on any atom is 0.416 e. The maximum atomic E-state index is 12.9. The zero-order valence-electron chi connectivity index (χ0n) is 13.3. The van der Waals surface area contributed by atoms with E-state index in [9.17, 15) is 18.0 Å². The van der Waals surface area contributed by atoms with Gasteiger partial charge in [0.15, 0.2) is 0 Å². The summed E-state index contributed by atoms with van der Waals surface area (Å²) in [6, 6.07) is 2.75. The number of benzene rings is 1. The minimum atomic E-state index is -4.48. The van der Waals surface area contributed by atoms with Crippen molar-refractivity contribution in [2.45, 2.75) is 6.18 Å². The van der Waals surface area contributed by atoms with E-state index in [1.54, 1.807) is 0 Å². The number of amides is 2. The standard InChI is InChI=1S/C15H20F3N3O3/c1-23-7-4-19-14(22)20-12-10-11(15(16,17)18)2-3-13(12)21-5-8-24-9-6-21/h2-3,10H,4-9H2,1H3,(H2,19,20,22). The van der Waals surface area contributed by atoms with Gasteiger partial charge in [-0.2, -0.15) is 13.2 Å². The van der Waals surface area contributed by atoms with Crippen LogP contribution in [0.5, 0.6) is 0 Å². The van der Waals surface area contributed by atoms with Crippen LogP contribution in [0.25, 0.3) is 0 Å². The average Bonchev–Trinajstić information content (AvgIpc) is 2.55. The molecule has 1 heterocycles. The van der Waals surface area contributed by atoms with Gasteiger partial charge >= 0.3 is 12.2 Å². The highest BCUT2D eigenvalue weighted by Gasteiger charge is 2.31. The lowest BCUT2D eigenvalue weighted by Gasteiger charge is -2.31. The predicted molar refractivity (Wildman–Crippen MR) is 83.4 cm³/mol. The summed E-state index contributed by atoms with van der Waals surface area (Å²) in [6.07, 6.45) is -4.48. The highest BCUT2D eigenvalue weighted by Crippen LogP contribution is 2.35. The second kappa shape index (κ2) is 8.20. The van der Waals surface area contributed by atoms with Crippen molar-refractivity contribution < 1.29 is 27.4 Å². The van der Waals surface area contributed by atoms with Crippen molar-refractivity contribution in [1.29, 1.82) is 0 Å². The monoisotopic (exact) mass is 347 g/mol. The number of nitrogens with zero attached hydrogens (tertiary/aromatic N) is 1. The van der Waals surface area contributed by atoms with Crippen LogP contribution in [0, 0.1) is 0 Å².